The van der Waals surface area contributed by atoms with Crippen LogP contribution in [-0.2, 0) is 0 Å². The molecular formula is C20H20ClF3N6O2. The number of hydrogen-bond donors (Lipinski definition) is 1. The Kier molecular flexibility index (Phi) is 6.09. The number of fused-ring (bicyclic) bond motifs is 1. The summed E-state index contributed by atoms with van der Waals surface area (Å²) in [4.78, 5) is 23.0. The summed E-state index contributed by atoms with van der Waals surface area (Å²) in [6.07, 6.45) is 5.54. The summed E-state index contributed by atoms with van der Waals surface area (Å²) < 4.78 is 47.4. The fraction of sp³-hybridized carbons (Fsp3) is 0.400. The average molecular weight is 469 g/mol. The van der Waals surface area contributed by atoms with Crippen LogP contribution in [0.2, 0.25) is 0 Å². The fourth-order valence-electron chi connectivity index (χ4n) is 3.75. The molecule has 1 aliphatic heterocycles. The minimum atomic E-state index is -3.22. The van der Waals surface area contributed by atoms with Gasteiger partial charge in [-0.05, 0) is 25.0 Å². The van der Waals surface area contributed by atoms with Crippen molar-refractivity contribution in [2.75, 3.05) is 31.0 Å². The van der Waals surface area contributed by atoms with Crippen molar-refractivity contribution in [1.29, 1.82) is 0 Å². The van der Waals surface area contributed by atoms with Gasteiger partial charge in [-0.2, -0.15) is 5.10 Å². The first-order chi connectivity index (χ1) is 15.3. The van der Waals surface area contributed by atoms with Gasteiger partial charge in [0.15, 0.2) is 5.65 Å². The Bertz CT molecular complexity index is 1140. The zero-order valence-electron chi connectivity index (χ0n) is 17.1. The molecule has 0 radical (unpaired) electrons. The summed E-state index contributed by atoms with van der Waals surface area (Å²) in [5.74, 6) is -4.47. The Morgan fingerprint density at radius 1 is 1.41 bits per heavy atom. The van der Waals surface area contributed by atoms with E-state index in [9.17, 15) is 18.0 Å². The SMILES string of the molecule is COc1ncc(F)cc1C1CCCN1c1ccn2ncc(C(=O)NCC(F)(F)CCl)c2n1. The second-order valence-corrected chi connectivity index (χ2v) is 7.66. The largest absolute Gasteiger partial charge is 0.481 e. The number of halogens is 4. The Morgan fingerprint density at radius 3 is 2.97 bits per heavy atom. The van der Waals surface area contributed by atoms with E-state index in [1.165, 1.54) is 23.9 Å². The summed E-state index contributed by atoms with van der Waals surface area (Å²) in [5, 5.41) is 6.24. The minimum Gasteiger partial charge on any atom is -0.481 e. The molecule has 32 heavy (non-hydrogen) atoms. The van der Waals surface area contributed by atoms with Crippen molar-refractivity contribution in [2.45, 2.75) is 24.8 Å². The Morgan fingerprint density at radius 2 is 2.22 bits per heavy atom. The molecule has 1 unspecified atom stereocenters. The van der Waals surface area contributed by atoms with Crippen LogP contribution in [0.3, 0.4) is 0 Å². The minimum absolute atomic E-state index is 0.0537. The zero-order chi connectivity index (χ0) is 22.9. The molecule has 4 heterocycles. The van der Waals surface area contributed by atoms with Gasteiger partial charge in [0.05, 0.1) is 38.0 Å². The fourth-order valence-corrected chi connectivity index (χ4v) is 3.84. The third-order valence-corrected chi connectivity index (χ3v) is 5.64. The lowest BCUT2D eigenvalue weighted by molar-refractivity contribution is 0.0257. The van der Waals surface area contributed by atoms with Gasteiger partial charge in [0.2, 0.25) is 5.88 Å². The van der Waals surface area contributed by atoms with Gasteiger partial charge in [-0.1, -0.05) is 0 Å². The molecule has 0 aliphatic carbocycles. The van der Waals surface area contributed by atoms with Crippen LogP contribution >= 0.6 is 11.6 Å². The van der Waals surface area contributed by atoms with Gasteiger partial charge in [-0.15, -0.1) is 11.6 Å². The summed E-state index contributed by atoms with van der Waals surface area (Å²) in [6.45, 7) is -0.252. The maximum Gasteiger partial charge on any atom is 0.278 e. The summed E-state index contributed by atoms with van der Waals surface area (Å²) in [7, 11) is 1.47. The van der Waals surface area contributed by atoms with Crippen LogP contribution in [0.4, 0.5) is 19.0 Å². The lowest BCUT2D eigenvalue weighted by Crippen LogP contribution is -2.37. The molecule has 1 atom stereocenters. The molecule has 3 aromatic heterocycles. The molecule has 1 aliphatic rings. The molecule has 1 amide bonds. The van der Waals surface area contributed by atoms with Crippen LogP contribution in [0.15, 0.2) is 30.7 Å². The van der Waals surface area contributed by atoms with E-state index in [2.05, 4.69) is 20.4 Å². The summed E-state index contributed by atoms with van der Waals surface area (Å²) in [5.41, 5.74) is 0.864. The van der Waals surface area contributed by atoms with E-state index in [1.807, 2.05) is 4.90 Å². The smallest absolute Gasteiger partial charge is 0.278 e. The number of alkyl halides is 3. The van der Waals surface area contributed by atoms with Crippen molar-refractivity contribution < 1.29 is 22.7 Å². The number of amides is 1. The first-order valence-electron chi connectivity index (χ1n) is 9.85. The number of ether oxygens (including phenoxy) is 1. The van der Waals surface area contributed by atoms with E-state index in [4.69, 9.17) is 16.3 Å². The molecule has 0 bridgehead atoms. The molecule has 170 valence electrons. The highest BCUT2D eigenvalue weighted by Crippen LogP contribution is 2.38. The van der Waals surface area contributed by atoms with Crippen molar-refractivity contribution in [2.24, 2.45) is 0 Å². The van der Waals surface area contributed by atoms with Gasteiger partial charge in [-0.25, -0.2) is 27.7 Å². The molecule has 1 saturated heterocycles. The van der Waals surface area contributed by atoms with E-state index in [0.29, 0.717) is 23.8 Å². The Balaban J connectivity index is 1.64. The lowest BCUT2D eigenvalue weighted by Gasteiger charge is -2.27. The number of anilines is 1. The number of carbonyl (C=O) groups is 1. The number of nitrogens with zero attached hydrogens (tertiary/aromatic N) is 5. The predicted molar refractivity (Wildman–Crippen MR) is 111 cm³/mol. The third-order valence-electron chi connectivity index (χ3n) is 5.25. The molecule has 0 spiro atoms. The predicted octanol–water partition coefficient (Wildman–Crippen LogP) is 3.22. The maximum absolute atomic E-state index is 13.9. The van der Waals surface area contributed by atoms with E-state index < -0.39 is 30.1 Å². The van der Waals surface area contributed by atoms with Crippen LogP contribution in [0.1, 0.15) is 34.8 Å². The maximum atomic E-state index is 13.9. The number of nitrogens with one attached hydrogen (secondary N) is 1. The monoisotopic (exact) mass is 468 g/mol. The number of rotatable bonds is 7. The number of pyridine rings is 1. The van der Waals surface area contributed by atoms with E-state index in [1.54, 1.807) is 12.3 Å². The molecule has 1 N–H and O–H groups in total. The van der Waals surface area contributed by atoms with E-state index in [-0.39, 0.29) is 17.3 Å². The highest BCUT2D eigenvalue weighted by Gasteiger charge is 2.32. The van der Waals surface area contributed by atoms with Crippen molar-refractivity contribution in [3.05, 3.63) is 47.7 Å². The van der Waals surface area contributed by atoms with Crippen molar-refractivity contribution in [3.8, 4) is 5.88 Å². The molecular weight excluding hydrogens is 449 g/mol. The van der Waals surface area contributed by atoms with Gasteiger partial charge >= 0.3 is 0 Å². The van der Waals surface area contributed by atoms with Gasteiger partial charge < -0.3 is 15.0 Å². The van der Waals surface area contributed by atoms with Crippen LogP contribution in [0.25, 0.3) is 5.65 Å². The molecule has 8 nitrogen and oxygen atoms in total. The molecule has 4 rings (SSSR count). The van der Waals surface area contributed by atoms with E-state index in [0.717, 1.165) is 19.0 Å². The Labute approximate surface area is 186 Å². The Hall–Kier alpha value is -3.08. The van der Waals surface area contributed by atoms with Crippen molar-refractivity contribution in [1.82, 2.24) is 24.9 Å². The first kappa shape index (κ1) is 22.1. The van der Waals surface area contributed by atoms with Crippen molar-refractivity contribution >= 4 is 29.0 Å². The highest BCUT2D eigenvalue weighted by atomic mass is 35.5. The van der Waals surface area contributed by atoms with Crippen LogP contribution in [-0.4, -0.2) is 57.5 Å². The van der Waals surface area contributed by atoms with E-state index >= 15 is 0 Å². The molecule has 0 aromatic carbocycles. The van der Waals surface area contributed by atoms with Crippen molar-refractivity contribution in [3.63, 3.8) is 0 Å². The quantitative estimate of drug-likeness (QED) is 0.536. The number of hydrogen-bond acceptors (Lipinski definition) is 6. The first-order valence-corrected chi connectivity index (χ1v) is 10.4. The van der Waals surface area contributed by atoms with Crippen LogP contribution < -0.4 is 15.0 Å². The second kappa shape index (κ2) is 8.81. The summed E-state index contributed by atoms with van der Waals surface area (Å²) >= 11 is 5.21. The van der Waals surface area contributed by atoms with Gasteiger partial charge in [0, 0.05) is 18.3 Å². The van der Waals surface area contributed by atoms with Gasteiger partial charge in [0.1, 0.15) is 17.2 Å². The third kappa shape index (κ3) is 4.29. The van der Waals surface area contributed by atoms with Crippen LogP contribution in [0.5, 0.6) is 5.88 Å². The number of aromatic nitrogens is 4. The average Bonchev–Trinajstić information content (AvgIpc) is 3.44. The lowest BCUT2D eigenvalue weighted by atomic mass is 10.1. The summed E-state index contributed by atoms with van der Waals surface area (Å²) in [6, 6.07) is 2.88. The number of methoxy groups -OCH3 is 1. The molecule has 12 heteroatoms. The molecule has 3 aromatic rings. The highest BCUT2D eigenvalue weighted by molar-refractivity contribution is 6.18. The molecule has 1 fully saturated rings. The molecule has 0 saturated carbocycles. The van der Waals surface area contributed by atoms with Gasteiger partial charge in [-0.3, -0.25) is 4.79 Å². The standard InChI is InChI=1S/C20H20ClF3N6O2/c1-32-19-13(7-12(22)8-25-19)15-3-2-5-29(15)16-4-6-30-17(28-16)14(9-27-30)18(31)26-11-20(23,24)10-21/h4,6-9,15H,2-3,5,10-11H2,1H3,(H,26,31). The zero-order valence-corrected chi connectivity index (χ0v) is 17.8. The second-order valence-electron chi connectivity index (χ2n) is 7.39. The van der Waals surface area contributed by atoms with Gasteiger partial charge in [0.25, 0.3) is 11.8 Å². The normalized spacial score (nSPS) is 16.5. The number of carbonyl (C=O) groups excluding carboxylic acids is 1. The topological polar surface area (TPSA) is 84.6 Å². The van der Waals surface area contributed by atoms with Crippen LogP contribution in [0, 0.1) is 5.82 Å².